The average molecular weight is 276 g/mol. The molecule has 2 atom stereocenters. The first-order chi connectivity index (χ1) is 8.88. The number of rotatable bonds is 10. The molecule has 0 amide bonds. The standard InChI is InChI=1S/C13H28N2O4/c1-11(10-13(2,14)12(16)19-5)15(6-8-17-3)7-9-18-4/h11H,6-10,14H2,1-5H3. The summed E-state index contributed by atoms with van der Waals surface area (Å²) in [5.41, 5.74) is 5.02. The molecule has 0 aliphatic heterocycles. The maximum absolute atomic E-state index is 11.6. The molecule has 0 bridgehead atoms. The van der Waals surface area contributed by atoms with Crippen LogP contribution in [0.15, 0.2) is 0 Å². The molecule has 0 aromatic heterocycles. The first kappa shape index (κ1) is 18.3. The predicted octanol–water partition coefficient (Wildman–Crippen LogP) is 0.250. The zero-order chi connectivity index (χ0) is 14.9. The SMILES string of the molecule is COCCN(CCOC)C(C)CC(C)(N)C(=O)OC. The van der Waals surface area contributed by atoms with Crippen LogP contribution >= 0.6 is 0 Å². The third-order valence-corrected chi connectivity index (χ3v) is 3.16. The number of hydrogen-bond donors (Lipinski definition) is 1. The summed E-state index contributed by atoms with van der Waals surface area (Å²) in [6, 6.07) is 0.138. The van der Waals surface area contributed by atoms with Crippen LogP contribution in [-0.2, 0) is 19.0 Å². The van der Waals surface area contributed by atoms with E-state index in [0.717, 1.165) is 13.1 Å². The predicted molar refractivity (Wildman–Crippen MR) is 74.0 cm³/mol. The fourth-order valence-electron chi connectivity index (χ4n) is 2.03. The Morgan fingerprint density at radius 3 is 2.05 bits per heavy atom. The van der Waals surface area contributed by atoms with E-state index in [1.807, 2.05) is 6.92 Å². The van der Waals surface area contributed by atoms with Gasteiger partial charge in [-0.2, -0.15) is 0 Å². The van der Waals surface area contributed by atoms with Crippen LogP contribution in [0, 0.1) is 0 Å². The molecule has 19 heavy (non-hydrogen) atoms. The van der Waals surface area contributed by atoms with E-state index in [1.54, 1.807) is 21.1 Å². The molecule has 114 valence electrons. The van der Waals surface area contributed by atoms with Gasteiger partial charge in [0.2, 0.25) is 0 Å². The van der Waals surface area contributed by atoms with Gasteiger partial charge in [-0.15, -0.1) is 0 Å². The van der Waals surface area contributed by atoms with Gasteiger partial charge in [0.15, 0.2) is 0 Å². The van der Waals surface area contributed by atoms with Crippen LogP contribution in [0.3, 0.4) is 0 Å². The monoisotopic (exact) mass is 276 g/mol. The molecule has 2 unspecified atom stereocenters. The summed E-state index contributed by atoms with van der Waals surface area (Å²) in [5, 5.41) is 0. The minimum absolute atomic E-state index is 0.138. The van der Waals surface area contributed by atoms with Crippen LogP contribution < -0.4 is 5.73 Å². The van der Waals surface area contributed by atoms with Gasteiger partial charge in [0.25, 0.3) is 0 Å². The highest BCUT2D eigenvalue weighted by atomic mass is 16.5. The lowest BCUT2D eigenvalue weighted by atomic mass is 9.94. The summed E-state index contributed by atoms with van der Waals surface area (Å²) >= 11 is 0. The van der Waals surface area contributed by atoms with Crippen molar-refractivity contribution < 1.29 is 19.0 Å². The summed E-state index contributed by atoms with van der Waals surface area (Å²) in [5.74, 6) is -0.391. The van der Waals surface area contributed by atoms with E-state index in [-0.39, 0.29) is 6.04 Å². The Hall–Kier alpha value is -0.690. The highest BCUT2D eigenvalue weighted by Crippen LogP contribution is 2.15. The highest BCUT2D eigenvalue weighted by molar-refractivity contribution is 5.79. The molecule has 0 saturated heterocycles. The topological polar surface area (TPSA) is 74.0 Å². The van der Waals surface area contributed by atoms with Crippen molar-refractivity contribution in [2.45, 2.75) is 31.8 Å². The van der Waals surface area contributed by atoms with Crippen LogP contribution in [0.25, 0.3) is 0 Å². The van der Waals surface area contributed by atoms with E-state index in [1.165, 1.54) is 7.11 Å². The quantitative estimate of drug-likeness (QED) is 0.577. The van der Waals surface area contributed by atoms with Crippen molar-refractivity contribution in [3.8, 4) is 0 Å². The first-order valence-electron chi connectivity index (χ1n) is 6.48. The van der Waals surface area contributed by atoms with Crippen molar-refractivity contribution in [3.05, 3.63) is 0 Å². The number of esters is 1. The molecule has 0 saturated carbocycles. The lowest BCUT2D eigenvalue weighted by molar-refractivity contribution is -0.147. The van der Waals surface area contributed by atoms with E-state index < -0.39 is 11.5 Å². The third-order valence-electron chi connectivity index (χ3n) is 3.16. The molecule has 0 radical (unpaired) electrons. The normalized spacial score (nSPS) is 16.2. The molecule has 0 heterocycles. The molecule has 6 heteroatoms. The van der Waals surface area contributed by atoms with Gasteiger partial charge in [-0.3, -0.25) is 9.69 Å². The number of nitrogens with two attached hydrogens (primary N) is 1. The summed E-state index contributed by atoms with van der Waals surface area (Å²) in [6.45, 7) is 6.55. The molecule has 0 aromatic rings. The first-order valence-corrected chi connectivity index (χ1v) is 6.48. The lowest BCUT2D eigenvalue weighted by Crippen LogP contribution is -2.51. The molecule has 0 aliphatic rings. The van der Waals surface area contributed by atoms with Crippen LogP contribution in [0.4, 0.5) is 0 Å². The largest absolute Gasteiger partial charge is 0.468 e. The van der Waals surface area contributed by atoms with E-state index in [4.69, 9.17) is 19.9 Å². The number of carbonyl (C=O) groups excluding carboxylic acids is 1. The Kier molecular flexibility index (Phi) is 8.92. The third kappa shape index (κ3) is 6.87. The lowest BCUT2D eigenvalue weighted by Gasteiger charge is -2.33. The molecule has 0 spiro atoms. The minimum Gasteiger partial charge on any atom is -0.468 e. The van der Waals surface area contributed by atoms with E-state index in [9.17, 15) is 4.79 Å². The van der Waals surface area contributed by atoms with Crippen molar-refractivity contribution in [1.82, 2.24) is 4.90 Å². The van der Waals surface area contributed by atoms with Crippen LogP contribution in [0.5, 0.6) is 0 Å². The van der Waals surface area contributed by atoms with Crippen LogP contribution in [0.1, 0.15) is 20.3 Å². The Morgan fingerprint density at radius 2 is 1.68 bits per heavy atom. The zero-order valence-electron chi connectivity index (χ0n) is 12.8. The van der Waals surface area contributed by atoms with Crippen molar-refractivity contribution in [3.63, 3.8) is 0 Å². The average Bonchev–Trinajstić information content (AvgIpc) is 2.37. The highest BCUT2D eigenvalue weighted by Gasteiger charge is 2.32. The van der Waals surface area contributed by atoms with Gasteiger partial charge in [-0.05, 0) is 20.3 Å². The van der Waals surface area contributed by atoms with Crippen LogP contribution in [0.2, 0.25) is 0 Å². The maximum atomic E-state index is 11.6. The molecule has 0 fully saturated rings. The van der Waals surface area contributed by atoms with Gasteiger partial charge >= 0.3 is 5.97 Å². The molecular formula is C13H28N2O4. The van der Waals surface area contributed by atoms with Gasteiger partial charge in [0, 0.05) is 33.4 Å². The van der Waals surface area contributed by atoms with Crippen LogP contribution in [-0.4, -0.2) is 70.1 Å². The van der Waals surface area contributed by atoms with Gasteiger partial charge in [-0.25, -0.2) is 0 Å². The summed E-state index contributed by atoms with van der Waals surface area (Å²) in [7, 11) is 4.69. The number of hydrogen-bond acceptors (Lipinski definition) is 6. The molecule has 0 aliphatic carbocycles. The maximum Gasteiger partial charge on any atom is 0.325 e. The number of methoxy groups -OCH3 is 3. The second-order valence-corrected chi connectivity index (χ2v) is 4.98. The van der Waals surface area contributed by atoms with Crippen molar-refractivity contribution in [1.29, 1.82) is 0 Å². The zero-order valence-corrected chi connectivity index (χ0v) is 12.8. The summed E-state index contributed by atoms with van der Waals surface area (Å²) in [6.07, 6.45) is 0.521. The molecule has 0 aromatic carbocycles. The fraction of sp³-hybridized carbons (Fsp3) is 0.923. The number of nitrogens with zero attached hydrogens (tertiary/aromatic N) is 1. The van der Waals surface area contributed by atoms with E-state index in [0.29, 0.717) is 19.6 Å². The van der Waals surface area contributed by atoms with E-state index >= 15 is 0 Å². The van der Waals surface area contributed by atoms with Gasteiger partial charge in [0.05, 0.1) is 20.3 Å². The van der Waals surface area contributed by atoms with Gasteiger partial charge in [-0.1, -0.05) is 0 Å². The summed E-state index contributed by atoms with van der Waals surface area (Å²) < 4.78 is 14.9. The van der Waals surface area contributed by atoms with E-state index in [2.05, 4.69) is 4.90 Å². The van der Waals surface area contributed by atoms with Crippen molar-refractivity contribution >= 4 is 5.97 Å². The molecular weight excluding hydrogens is 248 g/mol. The second kappa shape index (κ2) is 9.25. The van der Waals surface area contributed by atoms with Gasteiger partial charge < -0.3 is 19.9 Å². The number of carbonyl (C=O) groups is 1. The Labute approximate surface area is 116 Å². The second-order valence-electron chi connectivity index (χ2n) is 4.98. The Bertz CT molecular complexity index is 251. The molecule has 2 N–H and O–H groups in total. The van der Waals surface area contributed by atoms with Crippen molar-refractivity contribution in [2.24, 2.45) is 5.73 Å². The van der Waals surface area contributed by atoms with Crippen molar-refractivity contribution in [2.75, 3.05) is 47.6 Å². The minimum atomic E-state index is -0.980. The molecule has 6 nitrogen and oxygen atoms in total. The smallest absolute Gasteiger partial charge is 0.325 e. The Morgan fingerprint density at radius 1 is 1.21 bits per heavy atom. The van der Waals surface area contributed by atoms with Gasteiger partial charge in [0.1, 0.15) is 5.54 Å². The Balaban J connectivity index is 4.51. The molecule has 0 rings (SSSR count). The summed E-state index contributed by atoms with van der Waals surface area (Å²) in [4.78, 5) is 13.8. The fourth-order valence-corrected chi connectivity index (χ4v) is 2.03. The number of ether oxygens (including phenoxy) is 3.